The molecule has 0 heterocycles. The maximum atomic E-state index is 11.0. The molecule has 0 aromatic carbocycles. The second-order valence-corrected chi connectivity index (χ2v) is 5.15. The summed E-state index contributed by atoms with van der Waals surface area (Å²) < 4.78 is 0. The van der Waals surface area contributed by atoms with Crippen LogP contribution in [0.15, 0.2) is 0 Å². The Morgan fingerprint density at radius 2 is 1.93 bits per heavy atom. The molecule has 0 aromatic rings. The Balaban J connectivity index is 2.38. The fourth-order valence-corrected chi connectivity index (χ4v) is 2.39. The lowest BCUT2D eigenvalue weighted by Crippen LogP contribution is -2.45. The summed E-state index contributed by atoms with van der Waals surface area (Å²) in [5.41, 5.74) is 2.26. The Labute approximate surface area is 92.0 Å². The van der Waals surface area contributed by atoms with Crippen molar-refractivity contribution in [3.8, 4) is 0 Å². The molecule has 4 N–H and O–H groups in total. The van der Waals surface area contributed by atoms with Gasteiger partial charge in [-0.3, -0.25) is 5.43 Å². The molecule has 4 heteroatoms. The second-order valence-electron chi connectivity index (χ2n) is 5.15. The fraction of sp³-hybridized carbons (Fsp3) is 0.909. The summed E-state index contributed by atoms with van der Waals surface area (Å²) in [6.07, 6.45) is 6.61. The van der Waals surface area contributed by atoms with Crippen LogP contribution in [0.3, 0.4) is 0 Å². The molecule has 0 saturated heterocycles. The van der Waals surface area contributed by atoms with Crippen LogP contribution in [0.25, 0.3) is 0 Å². The zero-order valence-electron chi connectivity index (χ0n) is 9.81. The monoisotopic (exact) mass is 213 g/mol. The highest BCUT2D eigenvalue weighted by atomic mass is 16.2. The molecular weight excluding hydrogens is 190 g/mol. The molecule has 88 valence electrons. The average Bonchev–Trinajstić information content (AvgIpc) is 2.27. The molecule has 2 amide bonds. The van der Waals surface area contributed by atoms with E-state index in [2.05, 4.69) is 24.6 Å². The summed E-state index contributed by atoms with van der Waals surface area (Å²) in [5, 5.41) is 2.79. The SMILES string of the molecule is CC(C)(CNC(=O)NN)C1CCCCC1. The van der Waals surface area contributed by atoms with Gasteiger partial charge in [0, 0.05) is 6.54 Å². The van der Waals surface area contributed by atoms with Gasteiger partial charge in [0.25, 0.3) is 0 Å². The minimum atomic E-state index is -0.293. The van der Waals surface area contributed by atoms with Crippen LogP contribution < -0.4 is 16.6 Å². The van der Waals surface area contributed by atoms with Crippen LogP contribution in [0.5, 0.6) is 0 Å². The van der Waals surface area contributed by atoms with Gasteiger partial charge in [-0.2, -0.15) is 0 Å². The van der Waals surface area contributed by atoms with Crippen molar-refractivity contribution in [2.75, 3.05) is 6.54 Å². The van der Waals surface area contributed by atoms with Crippen LogP contribution in [-0.2, 0) is 0 Å². The number of amides is 2. The van der Waals surface area contributed by atoms with Gasteiger partial charge in [-0.1, -0.05) is 33.1 Å². The van der Waals surface area contributed by atoms with Crippen LogP contribution in [0.1, 0.15) is 46.0 Å². The van der Waals surface area contributed by atoms with Gasteiger partial charge in [-0.25, -0.2) is 10.6 Å². The Morgan fingerprint density at radius 3 is 2.47 bits per heavy atom. The summed E-state index contributed by atoms with van der Waals surface area (Å²) >= 11 is 0. The predicted octanol–water partition coefficient (Wildman–Crippen LogP) is 1.77. The highest BCUT2D eigenvalue weighted by Gasteiger charge is 2.30. The van der Waals surface area contributed by atoms with Crippen LogP contribution in [0.2, 0.25) is 0 Å². The number of urea groups is 1. The number of hydrazine groups is 1. The molecule has 4 nitrogen and oxygen atoms in total. The van der Waals surface area contributed by atoms with Crippen molar-refractivity contribution in [2.45, 2.75) is 46.0 Å². The quantitative estimate of drug-likeness (QED) is 0.380. The smallest absolute Gasteiger partial charge is 0.328 e. The highest BCUT2D eigenvalue weighted by molar-refractivity contribution is 5.73. The molecule has 1 rings (SSSR count). The largest absolute Gasteiger partial charge is 0.337 e. The zero-order chi connectivity index (χ0) is 11.3. The van der Waals surface area contributed by atoms with E-state index in [1.54, 1.807) is 0 Å². The van der Waals surface area contributed by atoms with E-state index >= 15 is 0 Å². The topological polar surface area (TPSA) is 67.2 Å². The van der Waals surface area contributed by atoms with E-state index in [1.807, 2.05) is 0 Å². The number of carbonyl (C=O) groups excluding carboxylic acids is 1. The molecular formula is C11H23N3O. The first kappa shape index (κ1) is 12.3. The van der Waals surface area contributed by atoms with Gasteiger partial charge in [-0.15, -0.1) is 0 Å². The van der Waals surface area contributed by atoms with Crippen molar-refractivity contribution >= 4 is 6.03 Å². The maximum Gasteiger partial charge on any atom is 0.328 e. The summed E-state index contributed by atoms with van der Waals surface area (Å²) in [4.78, 5) is 11.0. The molecule has 1 fully saturated rings. The van der Waals surface area contributed by atoms with Crippen molar-refractivity contribution < 1.29 is 4.79 Å². The summed E-state index contributed by atoms with van der Waals surface area (Å²) in [7, 11) is 0. The van der Waals surface area contributed by atoms with Gasteiger partial charge in [0.15, 0.2) is 0 Å². The van der Waals surface area contributed by atoms with E-state index in [1.165, 1.54) is 32.1 Å². The first-order valence-electron chi connectivity index (χ1n) is 5.81. The number of nitrogens with one attached hydrogen (secondary N) is 2. The first-order valence-corrected chi connectivity index (χ1v) is 5.81. The van der Waals surface area contributed by atoms with Crippen LogP contribution in [0, 0.1) is 11.3 Å². The summed E-state index contributed by atoms with van der Waals surface area (Å²) in [6, 6.07) is -0.293. The fourth-order valence-electron chi connectivity index (χ4n) is 2.39. The normalized spacial score (nSPS) is 18.6. The molecule has 0 atom stereocenters. The zero-order valence-corrected chi connectivity index (χ0v) is 9.81. The number of hydrogen-bond donors (Lipinski definition) is 3. The first-order chi connectivity index (χ1) is 7.06. The van der Waals surface area contributed by atoms with Gasteiger partial charge < -0.3 is 5.32 Å². The van der Waals surface area contributed by atoms with Gasteiger partial charge in [0.05, 0.1) is 0 Å². The number of nitrogens with two attached hydrogens (primary N) is 1. The lowest BCUT2D eigenvalue weighted by Gasteiger charge is -2.37. The Kier molecular flexibility index (Phi) is 4.39. The van der Waals surface area contributed by atoms with E-state index in [0.717, 1.165) is 5.92 Å². The lowest BCUT2D eigenvalue weighted by atomic mass is 9.71. The van der Waals surface area contributed by atoms with E-state index in [-0.39, 0.29) is 11.4 Å². The van der Waals surface area contributed by atoms with Gasteiger partial charge >= 0.3 is 6.03 Å². The maximum absolute atomic E-state index is 11.0. The third-order valence-corrected chi connectivity index (χ3v) is 3.55. The summed E-state index contributed by atoms with van der Waals surface area (Å²) in [6.45, 7) is 5.14. The highest BCUT2D eigenvalue weighted by Crippen LogP contribution is 2.37. The minimum Gasteiger partial charge on any atom is -0.337 e. The molecule has 0 spiro atoms. The minimum absolute atomic E-state index is 0.174. The van der Waals surface area contributed by atoms with Crippen molar-refractivity contribution in [1.29, 1.82) is 0 Å². The number of carbonyl (C=O) groups is 1. The third-order valence-electron chi connectivity index (χ3n) is 3.55. The summed E-state index contributed by atoms with van der Waals surface area (Å²) in [5.74, 6) is 5.74. The van der Waals surface area contributed by atoms with Gasteiger partial charge in [0.1, 0.15) is 0 Å². The van der Waals surface area contributed by atoms with Crippen molar-refractivity contribution in [1.82, 2.24) is 10.7 Å². The molecule has 1 aliphatic carbocycles. The van der Waals surface area contributed by atoms with Crippen molar-refractivity contribution in [3.63, 3.8) is 0 Å². The van der Waals surface area contributed by atoms with Crippen LogP contribution in [0.4, 0.5) is 4.79 Å². The molecule has 0 aromatic heterocycles. The van der Waals surface area contributed by atoms with Gasteiger partial charge in [-0.05, 0) is 24.2 Å². The molecule has 1 saturated carbocycles. The van der Waals surface area contributed by atoms with E-state index in [9.17, 15) is 4.79 Å². The van der Waals surface area contributed by atoms with Crippen molar-refractivity contribution in [3.05, 3.63) is 0 Å². The predicted molar refractivity (Wildman–Crippen MR) is 61.1 cm³/mol. The molecule has 1 aliphatic rings. The molecule has 0 aliphatic heterocycles. The molecule has 15 heavy (non-hydrogen) atoms. The standard InChI is InChI=1S/C11H23N3O/c1-11(2,8-13-10(15)14-12)9-6-4-3-5-7-9/h9H,3-8,12H2,1-2H3,(H2,13,14,15). The van der Waals surface area contributed by atoms with Crippen LogP contribution in [-0.4, -0.2) is 12.6 Å². The van der Waals surface area contributed by atoms with Crippen molar-refractivity contribution in [2.24, 2.45) is 17.2 Å². The average molecular weight is 213 g/mol. The number of hydrogen-bond acceptors (Lipinski definition) is 2. The Bertz CT molecular complexity index is 210. The molecule has 0 radical (unpaired) electrons. The van der Waals surface area contributed by atoms with Gasteiger partial charge in [0.2, 0.25) is 0 Å². The van der Waals surface area contributed by atoms with E-state index in [0.29, 0.717) is 6.54 Å². The Hall–Kier alpha value is -0.770. The number of rotatable bonds is 3. The Morgan fingerprint density at radius 1 is 1.33 bits per heavy atom. The van der Waals surface area contributed by atoms with E-state index < -0.39 is 0 Å². The third kappa shape index (κ3) is 3.70. The molecule has 0 unspecified atom stereocenters. The van der Waals surface area contributed by atoms with Crippen LogP contribution >= 0.6 is 0 Å². The van der Waals surface area contributed by atoms with E-state index in [4.69, 9.17) is 5.84 Å². The lowest BCUT2D eigenvalue weighted by molar-refractivity contribution is 0.154. The molecule has 0 bridgehead atoms. The second kappa shape index (κ2) is 5.35.